The van der Waals surface area contributed by atoms with E-state index < -0.39 is 0 Å². The van der Waals surface area contributed by atoms with Crippen LogP contribution in [0.2, 0.25) is 5.02 Å². The van der Waals surface area contributed by atoms with Crippen molar-refractivity contribution >= 4 is 22.5 Å². The molecule has 0 aliphatic heterocycles. The average Bonchev–Trinajstić information content (AvgIpc) is 2.45. The van der Waals surface area contributed by atoms with E-state index in [0.717, 1.165) is 33.2 Å². The third kappa shape index (κ3) is 2.72. The van der Waals surface area contributed by atoms with Gasteiger partial charge in [0, 0.05) is 27.9 Å². The van der Waals surface area contributed by atoms with Crippen LogP contribution in [-0.4, -0.2) is 4.98 Å². The van der Waals surface area contributed by atoms with Gasteiger partial charge in [0.2, 0.25) is 0 Å². The van der Waals surface area contributed by atoms with Gasteiger partial charge in [0.05, 0.1) is 0 Å². The summed E-state index contributed by atoms with van der Waals surface area (Å²) in [5.41, 5.74) is 4.97. The molecule has 0 unspecified atom stereocenters. The maximum Gasteiger partial charge on any atom is 0.252 e. The first-order valence-electron chi connectivity index (χ1n) is 6.91. The fourth-order valence-corrected chi connectivity index (χ4v) is 2.76. The Morgan fingerprint density at radius 1 is 1.05 bits per heavy atom. The predicted octanol–water partition coefficient (Wildman–Crippen LogP) is 4.39. The van der Waals surface area contributed by atoms with Crippen LogP contribution >= 0.6 is 11.6 Å². The Morgan fingerprint density at radius 3 is 2.48 bits per heavy atom. The lowest BCUT2D eigenvalue weighted by Crippen LogP contribution is -2.15. The minimum absolute atomic E-state index is 0.0134. The molecule has 106 valence electrons. The maximum absolute atomic E-state index is 12.4. The fraction of sp³-hybridized carbons (Fsp3) is 0.167. The van der Waals surface area contributed by atoms with E-state index in [9.17, 15) is 4.79 Å². The van der Waals surface area contributed by atoms with Crippen LogP contribution < -0.4 is 5.56 Å². The molecule has 21 heavy (non-hydrogen) atoms. The molecule has 3 aromatic rings. The van der Waals surface area contributed by atoms with E-state index in [-0.39, 0.29) is 5.56 Å². The van der Waals surface area contributed by atoms with Gasteiger partial charge in [-0.15, -0.1) is 0 Å². The molecule has 1 aromatic heterocycles. The van der Waals surface area contributed by atoms with E-state index in [2.05, 4.69) is 17.1 Å². The standard InChI is InChI=1S/C18H16ClNO/c1-11-3-8-15-12(2)16(18(21)20-17(15)9-11)10-13-4-6-14(19)7-5-13/h3-9H,10H2,1-2H3,(H,20,21). The molecule has 2 aromatic carbocycles. The highest BCUT2D eigenvalue weighted by molar-refractivity contribution is 6.30. The zero-order chi connectivity index (χ0) is 15.0. The van der Waals surface area contributed by atoms with Crippen LogP contribution in [0.3, 0.4) is 0 Å². The summed E-state index contributed by atoms with van der Waals surface area (Å²) in [6.07, 6.45) is 0.613. The number of fused-ring (bicyclic) bond motifs is 1. The lowest BCUT2D eigenvalue weighted by molar-refractivity contribution is 1.09. The molecule has 1 heterocycles. The second-order valence-corrected chi connectivity index (χ2v) is 5.85. The molecular formula is C18H16ClNO. The summed E-state index contributed by atoms with van der Waals surface area (Å²) in [7, 11) is 0. The Bertz CT molecular complexity index is 863. The quantitative estimate of drug-likeness (QED) is 0.747. The zero-order valence-corrected chi connectivity index (χ0v) is 12.8. The molecule has 3 rings (SSSR count). The molecule has 0 aliphatic carbocycles. The second-order valence-electron chi connectivity index (χ2n) is 5.41. The highest BCUT2D eigenvalue weighted by Crippen LogP contribution is 2.21. The predicted molar refractivity (Wildman–Crippen MR) is 88.3 cm³/mol. The molecule has 0 radical (unpaired) electrons. The number of aryl methyl sites for hydroxylation is 2. The molecule has 0 bridgehead atoms. The maximum atomic E-state index is 12.4. The van der Waals surface area contributed by atoms with Crippen LogP contribution in [0.5, 0.6) is 0 Å². The lowest BCUT2D eigenvalue weighted by atomic mass is 9.98. The second kappa shape index (κ2) is 5.38. The Kier molecular flexibility index (Phi) is 3.56. The minimum atomic E-state index is -0.0134. The number of aromatic nitrogens is 1. The van der Waals surface area contributed by atoms with E-state index in [1.165, 1.54) is 0 Å². The number of benzene rings is 2. The van der Waals surface area contributed by atoms with E-state index in [0.29, 0.717) is 11.4 Å². The summed E-state index contributed by atoms with van der Waals surface area (Å²) in [5, 5.41) is 1.81. The lowest BCUT2D eigenvalue weighted by Gasteiger charge is -2.09. The molecule has 0 saturated heterocycles. The van der Waals surface area contributed by atoms with Crippen molar-refractivity contribution in [3.8, 4) is 0 Å². The van der Waals surface area contributed by atoms with Crippen molar-refractivity contribution in [3.05, 3.63) is 80.1 Å². The largest absolute Gasteiger partial charge is 0.322 e. The van der Waals surface area contributed by atoms with Gasteiger partial charge in [0.1, 0.15) is 0 Å². The van der Waals surface area contributed by atoms with E-state index in [1.54, 1.807) is 0 Å². The van der Waals surface area contributed by atoms with Crippen LogP contribution in [0.4, 0.5) is 0 Å². The zero-order valence-electron chi connectivity index (χ0n) is 12.0. The highest BCUT2D eigenvalue weighted by atomic mass is 35.5. The van der Waals surface area contributed by atoms with Gasteiger partial charge in [0.25, 0.3) is 5.56 Å². The van der Waals surface area contributed by atoms with Crippen molar-refractivity contribution < 1.29 is 0 Å². The van der Waals surface area contributed by atoms with Crippen LogP contribution in [0.25, 0.3) is 10.9 Å². The number of H-pyrrole nitrogens is 1. The van der Waals surface area contributed by atoms with Crippen LogP contribution in [0.15, 0.2) is 47.3 Å². The van der Waals surface area contributed by atoms with Crippen LogP contribution in [0, 0.1) is 13.8 Å². The summed E-state index contributed by atoms with van der Waals surface area (Å²) in [6.45, 7) is 4.03. The van der Waals surface area contributed by atoms with Gasteiger partial charge in [-0.05, 0) is 48.7 Å². The number of halogens is 1. The first-order valence-corrected chi connectivity index (χ1v) is 7.29. The van der Waals surface area contributed by atoms with Crippen LogP contribution in [-0.2, 0) is 6.42 Å². The van der Waals surface area contributed by atoms with Crippen molar-refractivity contribution in [2.75, 3.05) is 0 Å². The van der Waals surface area contributed by atoms with Gasteiger partial charge in [-0.3, -0.25) is 4.79 Å². The molecule has 0 fully saturated rings. The summed E-state index contributed by atoms with van der Waals surface area (Å²) in [6, 6.07) is 13.8. The van der Waals surface area contributed by atoms with Crippen LogP contribution in [0.1, 0.15) is 22.3 Å². The molecule has 1 N–H and O–H groups in total. The topological polar surface area (TPSA) is 32.9 Å². The van der Waals surface area contributed by atoms with Crippen molar-refractivity contribution in [2.24, 2.45) is 0 Å². The molecule has 0 atom stereocenters. The summed E-state index contributed by atoms with van der Waals surface area (Å²) >= 11 is 5.90. The van der Waals surface area contributed by atoms with Crippen molar-refractivity contribution in [1.29, 1.82) is 0 Å². The Hall–Kier alpha value is -2.06. The summed E-state index contributed by atoms with van der Waals surface area (Å²) in [5.74, 6) is 0. The van der Waals surface area contributed by atoms with Gasteiger partial charge in [-0.1, -0.05) is 35.9 Å². The number of hydrogen-bond donors (Lipinski definition) is 1. The third-order valence-corrected chi connectivity index (χ3v) is 4.10. The highest BCUT2D eigenvalue weighted by Gasteiger charge is 2.10. The van der Waals surface area contributed by atoms with Gasteiger partial charge >= 0.3 is 0 Å². The SMILES string of the molecule is Cc1ccc2c(C)c(Cc3ccc(Cl)cc3)c(=O)[nH]c2c1. The molecular weight excluding hydrogens is 282 g/mol. The molecule has 0 spiro atoms. The van der Waals surface area contributed by atoms with Gasteiger partial charge in [0.15, 0.2) is 0 Å². The first-order chi connectivity index (χ1) is 10.0. The summed E-state index contributed by atoms with van der Waals surface area (Å²) < 4.78 is 0. The third-order valence-electron chi connectivity index (χ3n) is 3.85. The monoisotopic (exact) mass is 297 g/mol. The minimum Gasteiger partial charge on any atom is -0.322 e. The molecule has 0 amide bonds. The first kappa shape index (κ1) is 13.9. The fourth-order valence-electron chi connectivity index (χ4n) is 2.64. The molecule has 0 aliphatic rings. The van der Waals surface area contributed by atoms with E-state index >= 15 is 0 Å². The van der Waals surface area contributed by atoms with Crippen molar-refractivity contribution in [2.45, 2.75) is 20.3 Å². The van der Waals surface area contributed by atoms with Crippen molar-refractivity contribution in [1.82, 2.24) is 4.98 Å². The van der Waals surface area contributed by atoms with Gasteiger partial charge in [-0.25, -0.2) is 0 Å². The Balaban J connectivity index is 2.12. The number of aromatic amines is 1. The summed E-state index contributed by atoms with van der Waals surface area (Å²) in [4.78, 5) is 15.3. The number of hydrogen-bond acceptors (Lipinski definition) is 1. The molecule has 3 heteroatoms. The number of rotatable bonds is 2. The van der Waals surface area contributed by atoms with E-state index in [1.807, 2.05) is 44.2 Å². The molecule has 0 saturated carbocycles. The Labute approximate surface area is 128 Å². The van der Waals surface area contributed by atoms with Crippen molar-refractivity contribution in [3.63, 3.8) is 0 Å². The number of pyridine rings is 1. The van der Waals surface area contributed by atoms with E-state index in [4.69, 9.17) is 11.6 Å². The average molecular weight is 298 g/mol. The smallest absolute Gasteiger partial charge is 0.252 e. The van der Waals surface area contributed by atoms with Gasteiger partial charge in [-0.2, -0.15) is 0 Å². The molecule has 2 nitrogen and oxygen atoms in total. The Morgan fingerprint density at radius 2 is 1.76 bits per heavy atom. The van der Waals surface area contributed by atoms with Gasteiger partial charge < -0.3 is 4.98 Å². The normalized spacial score (nSPS) is 11.0. The number of nitrogens with one attached hydrogen (secondary N) is 1.